The zero-order valence-corrected chi connectivity index (χ0v) is 7.46. The molecule has 1 aromatic rings. The first kappa shape index (κ1) is 9.06. The number of ether oxygens (including phenoxy) is 1. The molecule has 0 bridgehead atoms. The van der Waals surface area contributed by atoms with Crippen LogP contribution in [0.2, 0.25) is 0 Å². The van der Waals surface area contributed by atoms with E-state index in [9.17, 15) is 0 Å². The summed E-state index contributed by atoms with van der Waals surface area (Å²) < 4.78 is 9.99. The van der Waals surface area contributed by atoms with E-state index in [-0.39, 0.29) is 0 Å². The quantitative estimate of drug-likeness (QED) is 0.728. The van der Waals surface area contributed by atoms with E-state index in [1.807, 2.05) is 6.92 Å². The summed E-state index contributed by atoms with van der Waals surface area (Å²) in [7, 11) is 1.59. The van der Waals surface area contributed by atoms with Crippen molar-refractivity contribution in [3.8, 4) is 5.88 Å². The predicted molar refractivity (Wildman–Crippen MR) is 45.2 cm³/mol. The van der Waals surface area contributed by atoms with Crippen molar-refractivity contribution in [3.63, 3.8) is 0 Å². The summed E-state index contributed by atoms with van der Waals surface area (Å²) in [6.07, 6.45) is 1.80. The molecular weight excluding hydrogens is 156 g/mol. The van der Waals surface area contributed by atoms with Crippen LogP contribution in [0.3, 0.4) is 0 Å². The first-order valence-electron chi connectivity index (χ1n) is 3.98. The molecule has 0 radical (unpaired) electrons. The molecule has 0 spiro atoms. The van der Waals surface area contributed by atoms with Gasteiger partial charge < -0.3 is 15.0 Å². The molecule has 0 aliphatic heterocycles. The summed E-state index contributed by atoms with van der Waals surface area (Å²) in [6.45, 7) is 2.55. The topological polar surface area (TPSA) is 61.3 Å². The Kier molecular flexibility index (Phi) is 3.10. The molecule has 1 rings (SSSR count). The van der Waals surface area contributed by atoms with E-state index in [1.165, 1.54) is 0 Å². The van der Waals surface area contributed by atoms with Gasteiger partial charge in [-0.1, -0.05) is 0 Å². The molecule has 0 aliphatic carbocycles. The summed E-state index contributed by atoms with van der Waals surface area (Å²) in [4.78, 5) is 0. The second-order valence-corrected chi connectivity index (χ2v) is 2.62. The fourth-order valence-electron chi connectivity index (χ4n) is 1.09. The van der Waals surface area contributed by atoms with Gasteiger partial charge in [-0.25, -0.2) is 0 Å². The van der Waals surface area contributed by atoms with E-state index in [1.54, 1.807) is 7.11 Å². The van der Waals surface area contributed by atoms with Crippen LogP contribution in [0.1, 0.15) is 17.7 Å². The largest absolute Gasteiger partial charge is 0.479 e. The molecule has 12 heavy (non-hydrogen) atoms. The molecule has 0 atom stereocenters. The van der Waals surface area contributed by atoms with Crippen LogP contribution < -0.4 is 10.5 Å². The molecule has 0 aliphatic rings. The van der Waals surface area contributed by atoms with Gasteiger partial charge in [-0.15, -0.1) is 0 Å². The highest BCUT2D eigenvalue weighted by molar-refractivity contribution is 5.27. The molecule has 1 aromatic heterocycles. The van der Waals surface area contributed by atoms with Gasteiger partial charge >= 0.3 is 0 Å². The number of rotatable bonds is 4. The Bertz CT molecular complexity index is 245. The van der Waals surface area contributed by atoms with Gasteiger partial charge in [0.15, 0.2) is 0 Å². The lowest BCUT2D eigenvalue weighted by molar-refractivity contribution is 0.331. The van der Waals surface area contributed by atoms with E-state index in [0.29, 0.717) is 12.4 Å². The normalized spacial score (nSPS) is 10.2. The molecule has 4 nitrogen and oxygen atoms in total. The van der Waals surface area contributed by atoms with E-state index in [2.05, 4.69) is 5.16 Å². The van der Waals surface area contributed by atoms with Gasteiger partial charge in [0.1, 0.15) is 5.76 Å². The average molecular weight is 170 g/mol. The number of aromatic nitrogens is 1. The lowest BCUT2D eigenvalue weighted by atomic mass is 10.1. The fourth-order valence-corrected chi connectivity index (χ4v) is 1.09. The maximum atomic E-state index is 5.39. The second kappa shape index (κ2) is 4.11. The Balaban J connectivity index is 2.72. The van der Waals surface area contributed by atoms with Crippen LogP contribution in [0.25, 0.3) is 0 Å². The minimum absolute atomic E-state index is 0.584. The van der Waals surface area contributed by atoms with E-state index < -0.39 is 0 Å². The molecule has 4 heteroatoms. The summed E-state index contributed by atoms with van der Waals surface area (Å²) in [6, 6.07) is 0. The zero-order chi connectivity index (χ0) is 8.97. The SMILES string of the molecule is COc1noc(C)c1CCCN. The Hall–Kier alpha value is -1.03. The average Bonchev–Trinajstić information content (AvgIpc) is 2.43. The van der Waals surface area contributed by atoms with E-state index >= 15 is 0 Å². The number of hydrogen-bond donors (Lipinski definition) is 1. The van der Waals surface area contributed by atoms with E-state index in [0.717, 1.165) is 24.2 Å². The first-order valence-corrected chi connectivity index (χ1v) is 3.98. The maximum Gasteiger partial charge on any atom is 0.257 e. The van der Waals surface area contributed by atoms with Crippen molar-refractivity contribution >= 4 is 0 Å². The summed E-state index contributed by atoms with van der Waals surface area (Å²) in [5.41, 5.74) is 6.43. The summed E-state index contributed by atoms with van der Waals surface area (Å²) in [5, 5.41) is 3.75. The van der Waals surface area contributed by atoms with Crippen LogP contribution in [0.15, 0.2) is 4.52 Å². The Labute approximate surface area is 71.7 Å². The Morgan fingerprint density at radius 1 is 1.58 bits per heavy atom. The Morgan fingerprint density at radius 2 is 2.33 bits per heavy atom. The second-order valence-electron chi connectivity index (χ2n) is 2.62. The highest BCUT2D eigenvalue weighted by atomic mass is 16.5. The predicted octanol–water partition coefficient (Wildman–Crippen LogP) is 0.883. The highest BCUT2D eigenvalue weighted by Crippen LogP contribution is 2.21. The van der Waals surface area contributed by atoms with Crippen molar-refractivity contribution in [1.82, 2.24) is 5.16 Å². The number of nitrogens with two attached hydrogens (primary N) is 1. The van der Waals surface area contributed by atoms with Gasteiger partial charge in [0.05, 0.1) is 12.7 Å². The van der Waals surface area contributed by atoms with Crippen LogP contribution in [0.4, 0.5) is 0 Å². The van der Waals surface area contributed by atoms with Crippen LogP contribution in [-0.4, -0.2) is 18.8 Å². The lowest BCUT2D eigenvalue weighted by Gasteiger charge is -1.98. The van der Waals surface area contributed by atoms with Gasteiger partial charge in [-0.2, -0.15) is 0 Å². The molecule has 0 saturated heterocycles. The lowest BCUT2D eigenvalue weighted by Crippen LogP contribution is -2.01. The summed E-state index contributed by atoms with van der Waals surface area (Å²) in [5.74, 6) is 1.40. The Morgan fingerprint density at radius 3 is 2.92 bits per heavy atom. The number of hydrogen-bond acceptors (Lipinski definition) is 4. The standard InChI is InChI=1S/C8H14N2O2/c1-6-7(4-3-5-9)8(11-2)10-12-6/h3-5,9H2,1-2H3. The third-order valence-electron chi connectivity index (χ3n) is 1.77. The molecule has 0 fully saturated rings. The minimum Gasteiger partial charge on any atom is -0.479 e. The van der Waals surface area contributed by atoms with E-state index in [4.69, 9.17) is 15.0 Å². The number of nitrogens with zero attached hydrogens (tertiary/aromatic N) is 1. The first-order chi connectivity index (χ1) is 5.79. The van der Waals surface area contributed by atoms with Crippen LogP contribution >= 0.6 is 0 Å². The molecular formula is C8H14N2O2. The van der Waals surface area contributed by atoms with Crippen LogP contribution in [-0.2, 0) is 6.42 Å². The molecule has 0 unspecified atom stereocenters. The van der Waals surface area contributed by atoms with Crippen molar-refractivity contribution in [1.29, 1.82) is 0 Å². The van der Waals surface area contributed by atoms with Gasteiger partial charge in [-0.3, -0.25) is 0 Å². The number of methoxy groups -OCH3 is 1. The molecule has 2 N–H and O–H groups in total. The molecule has 68 valence electrons. The van der Waals surface area contributed by atoms with Crippen molar-refractivity contribution < 1.29 is 9.26 Å². The molecule has 0 saturated carbocycles. The van der Waals surface area contributed by atoms with Crippen molar-refractivity contribution in [2.45, 2.75) is 19.8 Å². The molecule has 0 aromatic carbocycles. The van der Waals surface area contributed by atoms with Crippen molar-refractivity contribution in [3.05, 3.63) is 11.3 Å². The van der Waals surface area contributed by atoms with Gasteiger partial charge in [-0.05, 0) is 31.5 Å². The van der Waals surface area contributed by atoms with Crippen LogP contribution in [0, 0.1) is 6.92 Å². The number of aryl methyl sites for hydroxylation is 1. The van der Waals surface area contributed by atoms with Gasteiger partial charge in [0.2, 0.25) is 0 Å². The highest BCUT2D eigenvalue weighted by Gasteiger charge is 2.11. The molecule has 1 heterocycles. The maximum absolute atomic E-state index is 5.39. The smallest absolute Gasteiger partial charge is 0.257 e. The third-order valence-corrected chi connectivity index (χ3v) is 1.77. The van der Waals surface area contributed by atoms with Crippen molar-refractivity contribution in [2.24, 2.45) is 5.73 Å². The zero-order valence-electron chi connectivity index (χ0n) is 7.46. The fraction of sp³-hybridized carbons (Fsp3) is 0.625. The monoisotopic (exact) mass is 170 g/mol. The van der Waals surface area contributed by atoms with Crippen molar-refractivity contribution in [2.75, 3.05) is 13.7 Å². The minimum atomic E-state index is 0.584. The third kappa shape index (κ3) is 1.76. The van der Waals surface area contributed by atoms with Gasteiger partial charge in [0, 0.05) is 0 Å². The van der Waals surface area contributed by atoms with Crippen LogP contribution in [0.5, 0.6) is 5.88 Å². The van der Waals surface area contributed by atoms with Gasteiger partial charge in [0.25, 0.3) is 5.88 Å². The summed E-state index contributed by atoms with van der Waals surface area (Å²) >= 11 is 0. The molecule has 0 amide bonds.